The molecule has 0 aliphatic carbocycles. The van der Waals surface area contributed by atoms with Gasteiger partial charge in [-0.3, -0.25) is 4.79 Å². The number of ether oxygens (including phenoxy) is 1. The second-order valence-corrected chi connectivity index (χ2v) is 12.2. The number of nitrogens with zero attached hydrogens (tertiary/aromatic N) is 1. The summed E-state index contributed by atoms with van der Waals surface area (Å²) in [5.41, 5.74) is 4.17. The maximum atomic E-state index is 13.0. The third kappa shape index (κ3) is 9.19. The van der Waals surface area contributed by atoms with Crippen molar-refractivity contribution >= 4 is 23.6 Å². The average Bonchev–Trinajstić information content (AvgIpc) is 3.10. The first kappa shape index (κ1) is 32.3. The van der Waals surface area contributed by atoms with Gasteiger partial charge in [-0.05, 0) is 85.6 Å². The molecule has 1 aliphatic rings. The summed E-state index contributed by atoms with van der Waals surface area (Å²) in [5, 5.41) is 6.32. The largest absolute Gasteiger partial charge is 0.445 e. The number of hydrogen-bond donors (Lipinski definition) is 2. The van der Waals surface area contributed by atoms with Crippen molar-refractivity contribution < 1.29 is 14.3 Å². The highest BCUT2D eigenvalue weighted by atomic mass is 35.5. The van der Waals surface area contributed by atoms with Crippen molar-refractivity contribution in [2.75, 3.05) is 32.7 Å². The van der Waals surface area contributed by atoms with Gasteiger partial charge in [0, 0.05) is 17.0 Å². The molecule has 4 aromatic rings. The number of alkyl carbamates (subject to hydrolysis) is 1. The molecule has 0 atom stereocenters. The van der Waals surface area contributed by atoms with Crippen LogP contribution in [-0.4, -0.2) is 49.6 Å². The first-order chi connectivity index (χ1) is 22.0. The highest BCUT2D eigenvalue weighted by Crippen LogP contribution is 2.37. The molecule has 1 fully saturated rings. The summed E-state index contributed by atoms with van der Waals surface area (Å²) in [7, 11) is 0. The lowest BCUT2D eigenvalue weighted by atomic mass is 9.71. The van der Waals surface area contributed by atoms with Crippen molar-refractivity contribution in [2.45, 2.75) is 43.6 Å². The zero-order valence-corrected chi connectivity index (χ0v) is 26.4. The Hall–Kier alpha value is -4.13. The van der Waals surface area contributed by atoms with E-state index in [2.05, 4.69) is 94.4 Å². The zero-order chi connectivity index (χ0) is 31.3. The van der Waals surface area contributed by atoms with Gasteiger partial charge in [-0.1, -0.05) is 115 Å². The third-order valence-electron chi connectivity index (χ3n) is 8.85. The van der Waals surface area contributed by atoms with Crippen LogP contribution >= 0.6 is 11.6 Å². The van der Waals surface area contributed by atoms with Gasteiger partial charge in [0.15, 0.2) is 0 Å². The molecule has 2 amide bonds. The second kappa shape index (κ2) is 16.3. The van der Waals surface area contributed by atoms with Crippen molar-refractivity contribution in [3.63, 3.8) is 0 Å². The van der Waals surface area contributed by atoms with Gasteiger partial charge in [-0.15, -0.1) is 0 Å². The summed E-state index contributed by atoms with van der Waals surface area (Å²) in [6.45, 7) is 3.55. The number of benzene rings is 4. The number of amides is 2. The molecule has 234 valence electrons. The third-order valence-corrected chi connectivity index (χ3v) is 9.10. The van der Waals surface area contributed by atoms with Crippen LogP contribution in [0.3, 0.4) is 0 Å². The molecule has 1 saturated heterocycles. The Morgan fingerprint density at radius 2 is 1.36 bits per heavy atom. The number of carbonyl (C=O) groups is 2. The fourth-order valence-electron chi connectivity index (χ4n) is 6.33. The molecule has 7 heteroatoms. The number of piperidine rings is 1. The molecule has 6 nitrogen and oxygen atoms in total. The van der Waals surface area contributed by atoms with E-state index in [-0.39, 0.29) is 19.1 Å². The van der Waals surface area contributed by atoms with Crippen LogP contribution in [0.25, 0.3) is 0 Å². The van der Waals surface area contributed by atoms with Gasteiger partial charge in [-0.25, -0.2) is 4.79 Å². The van der Waals surface area contributed by atoms with Gasteiger partial charge in [0.2, 0.25) is 5.91 Å². The normalized spacial score (nSPS) is 14.1. The summed E-state index contributed by atoms with van der Waals surface area (Å²) in [6, 6.07) is 38.8. The highest BCUT2D eigenvalue weighted by Gasteiger charge is 2.34. The van der Waals surface area contributed by atoms with Gasteiger partial charge in [0.05, 0.1) is 6.54 Å². The first-order valence-electron chi connectivity index (χ1n) is 15.8. The molecule has 45 heavy (non-hydrogen) atoms. The van der Waals surface area contributed by atoms with Crippen molar-refractivity contribution in [3.8, 4) is 0 Å². The van der Waals surface area contributed by atoms with E-state index in [1.807, 2.05) is 12.1 Å². The Morgan fingerprint density at radius 3 is 1.96 bits per heavy atom. The van der Waals surface area contributed by atoms with E-state index in [4.69, 9.17) is 16.3 Å². The molecule has 0 radical (unpaired) electrons. The average molecular weight is 624 g/mol. The van der Waals surface area contributed by atoms with Crippen LogP contribution in [0.1, 0.15) is 53.9 Å². The molecule has 0 bridgehead atoms. The lowest BCUT2D eigenvalue weighted by Gasteiger charge is -2.37. The standard InChI is InChI=1S/C38H42ClN3O3/c39-35-19-17-30(18-20-35)28-45-37(44)40-27-36(43)41-29-38(33-13-6-2-7-14-33,34-15-8-3-9-16-34)23-10-24-42-25-21-32(22-26-42)31-11-4-1-5-12-31/h1-9,11-20,32H,10,21-29H2,(H,40,44)(H,41,43). The van der Waals surface area contributed by atoms with Gasteiger partial charge in [0.1, 0.15) is 6.61 Å². The Balaban J connectivity index is 1.19. The zero-order valence-electron chi connectivity index (χ0n) is 25.7. The van der Waals surface area contributed by atoms with E-state index in [0.29, 0.717) is 17.5 Å². The molecule has 5 rings (SSSR count). The number of nitrogens with one attached hydrogen (secondary N) is 2. The topological polar surface area (TPSA) is 70.7 Å². The molecular weight excluding hydrogens is 582 g/mol. The molecule has 1 aliphatic heterocycles. The van der Waals surface area contributed by atoms with E-state index in [1.165, 1.54) is 18.4 Å². The summed E-state index contributed by atoms with van der Waals surface area (Å²) >= 11 is 5.92. The van der Waals surface area contributed by atoms with Crippen molar-refractivity contribution in [2.24, 2.45) is 0 Å². The molecular formula is C38H42ClN3O3. The second-order valence-electron chi connectivity index (χ2n) is 11.8. The van der Waals surface area contributed by atoms with Crippen LogP contribution < -0.4 is 10.6 Å². The van der Waals surface area contributed by atoms with Gasteiger partial charge in [-0.2, -0.15) is 0 Å². The Labute approximate surface area is 271 Å². The minimum absolute atomic E-state index is 0.0969. The van der Waals surface area contributed by atoms with Gasteiger partial charge in [0.25, 0.3) is 0 Å². The van der Waals surface area contributed by atoms with Gasteiger partial charge >= 0.3 is 6.09 Å². The smallest absolute Gasteiger partial charge is 0.407 e. The quantitative estimate of drug-likeness (QED) is 0.164. The highest BCUT2D eigenvalue weighted by molar-refractivity contribution is 6.30. The van der Waals surface area contributed by atoms with E-state index in [1.54, 1.807) is 24.3 Å². The summed E-state index contributed by atoms with van der Waals surface area (Å²) in [5.74, 6) is 0.367. The summed E-state index contributed by atoms with van der Waals surface area (Å²) in [4.78, 5) is 27.9. The van der Waals surface area contributed by atoms with Crippen LogP contribution in [0.4, 0.5) is 4.79 Å². The molecule has 1 heterocycles. The minimum atomic E-state index is -0.645. The predicted octanol–water partition coefficient (Wildman–Crippen LogP) is 7.33. The van der Waals surface area contributed by atoms with E-state index < -0.39 is 11.5 Å². The van der Waals surface area contributed by atoms with Crippen LogP contribution in [0, 0.1) is 0 Å². The summed E-state index contributed by atoms with van der Waals surface area (Å²) < 4.78 is 5.27. The predicted molar refractivity (Wildman–Crippen MR) is 180 cm³/mol. The Morgan fingerprint density at radius 1 is 0.778 bits per heavy atom. The minimum Gasteiger partial charge on any atom is -0.445 e. The molecule has 0 spiro atoms. The number of hydrogen-bond acceptors (Lipinski definition) is 4. The lowest BCUT2D eigenvalue weighted by molar-refractivity contribution is -0.120. The summed E-state index contributed by atoms with van der Waals surface area (Å²) in [6.07, 6.45) is 3.57. The monoisotopic (exact) mass is 623 g/mol. The number of carbonyl (C=O) groups excluding carboxylic acids is 2. The molecule has 0 unspecified atom stereocenters. The maximum Gasteiger partial charge on any atom is 0.407 e. The fraction of sp³-hybridized carbons (Fsp3) is 0.316. The lowest BCUT2D eigenvalue weighted by Crippen LogP contribution is -2.45. The Bertz CT molecular complexity index is 1440. The molecule has 0 saturated carbocycles. The van der Waals surface area contributed by atoms with Crippen LogP contribution in [0.15, 0.2) is 115 Å². The van der Waals surface area contributed by atoms with E-state index in [9.17, 15) is 9.59 Å². The Kier molecular flexibility index (Phi) is 11.7. The number of likely N-dealkylation sites (tertiary alicyclic amines) is 1. The molecule has 0 aromatic heterocycles. The number of rotatable bonds is 13. The van der Waals surface area contributed by atoms with Crippen molar-refractivity contribution in [1.82, 2.24) is 15.5 Å². The van der Waals surface area contributed by atoms with Crippen molar-refractivity contribution in [1.29, 1.82) is 0 Å². The van der Waals surface area contributed by atoms with Crippen molar-refractivity contribution in [3.05, 3.63) is 143 Å². The SMILES string of the molecule is O=C(CNC(=O)OCc1ccc(Cl)cc1)NCC(CCCN1CCC(c2ccccc2)CC1)(c1ccccc1)c1ccccc1. The number of halogens is 1. The molecule has 4 aromatic carbocycles. The van der Waals surface area contributed by atoms with Gasteiger partial charge < -0.3 is 20.3 Å². The molecule has 2 N–H and O–H groups in total. The van der Waals surface area contributed by atoms with E-state index in [0.717, 1.165) is 49.2 Å². The van der Waals surface area contributed by atoms with E-state index >= 15 is 0 Å². The maximum absolute atomic E-state index is 13.0. The first-order valence-corrected chi connectivity index (χ1v) is 16.2. The van der Waals surface area contributed by atoms with Crippen LogP contribution in [-0.2, 0) is 21.6 Å². The van der Waals surface area contributed by atoms with Crippen LogP contribution in [0.2, 0.25) is 5.02 Å². The van der Waals surface area contributed by atoms with Crippen LogP contribution in [0.5, 0.6) is 0 Å². The fourth-order valence-corrected chi connectivity index (χ4v) is 6.45.